The van der Waals surface area contributed by atoms with Gasteiger partial charge in [0, 0.05) is 26.1 Å². The first-order valence-electron chi connectivity index (χ1n) is 26.4. The maximum Gasteiger partial charge on any atom is 0.264 e. The van der Waals surface area contributed by atoms with Gasteiger partial charge in [-0.15, -0.1) is 0 Å². The second-order valence-corrected chi connectivity index (χ2v) is 17.3. The molecule has 1 fully saturated rings. The first-order valence-corrected chi connectivity index (χ1v) is 26.4. The summed E-state index contributed by atoms with van der Waals surface area (Å²) in [6.45, 7) is 13.6. The van der Waals surface area contributed by atoms with Crippen LogP contribution in [0.1, 0.15) is 137 Å². The van der Waals surface area contributed by atoms with Crippen LogP contribution < -0.4 is 10.6 Å². The molecule has 1 atom stereocenters. The molecule has 1 aromatic rings. The molecule has 1 saturated heterocycles. The van der Waals surface area contributed by atoms with E-state index >= 15 is 0 Å². The Labute approximate surface area is 422 Å². The summed E-state index contributed by atoms with van der Waals surface area (Å²) in [4.78, 5) is 63.7. The number of carbonyl (C=O) groups is 5. The Morgan fingerprint density at radius 1 is 0.493 bits per heavy atom. The molecule has 71 heavy (non-hydrogen) atoms. The molecule has 0 aliphatic carbocycles. The van der Waals surface area contributed by atoms with Crippen molar-refractivity contribution in [3.8, 4) is 0 Å². The molecule has 0 spiro atoms. The molecule has 0 bridgehead atoms. The number of amides is 5. The Morgan fingerprint density at radius 2 is 0.859 bits per heavy atom. The zero-order valence-electron chi connectivity index (χ0n) is 42.9. The minimum Gasteiger partial charge on any atom is -0.379 e. The van der Waals surface area contributed by atoms with Crippen LogP contribution in [0, 0.1) is 0 Å². The van der Waals surface area contributed by atoms with Crippen molar-refractivity contribution in [1.29, 1.82) is 0 Å². The van der Waals surface area contributed by atoms with E-state index < -0.39 is 29.7 Å². The largest absolute Gasteiger partial charge is 0.379 e. The van der Waals surface area contributed by atoms with E-state index in [9.17, 15) is 24.0 Å². The third kappa shape index (κ3) is 29.7. The molecule has 0 aromatic heterocycles. The third-order valence-corrected chi connectivity index (χ3v) is 11.5. The molecule has 1 unspecified atom stereocenters. The molecule has 2 heterocycles. The average molecular weight is 1010 g/mol. The van der Waals surface area contributed by atoms with Gasteiger partial charge in [0.15, 0.2) is 0 Å². The number of carbonyl (C=O) groups excluding carboxylic acids is 5. The van der Waals surface area contributed by atoms with Crippen molar-refractivity contribution in [1.82, 2.24) is 10.2 Å². The molecule has 2 N–H and O–H groups in total. The lowest BCUT2D eigenvalue weighted by atomic mass is 10.0. The molecular formula is C52H87N3O16. The first kappa shape index (κ1) is 61.8. The van der Waals surface area contributed by atoms with E-state index in [1.165, 1.54) is 70.3 Å². The lowest BCUT2D eigenvalue weighted by molar-refractivity contribution is -0.136. The molecule has 19 heteroatoms. The Bertz CT molecular complexity index is 1570. The Kier molecular flexibility index (Phi) is 37.4. The van der Waals surface area contributed by atoms with E-state index in [0.29, 0.717) is 145 Å². The number of ether oxygens (including phenoxy) is 11. The Balaban J connectivity index is 0.941. The molecule has 2 aliphatic rings. The van der Waals surface area contributed by atoms with E-state index in [-0.39, 0.29) is 42.0 Å². The van der Waals surface area contributed by atoms with E-state index in [2.05, 4.69) is 17.6 Å². The topological polar surface area (TPSA) is 214 Å². The van der Waals surface area contributed by atoms with Gasteiger partial charge in [-0.2, -0.15) is 0 Å². The van der Waals surface area contributed by atoms with Gasteiger partial charge in [-0.05, 0) is 37.8 Å². The zero-order chi connectivity index (χ0) is 50.7. The van der Waals surface area contributed by atoms with Crippen LogP contribution >= 0.6 is 0 Å². The summed E-state index contributed by atoms with van der Waals surface area (Å²) in [6, 6.07) is 3.54. The Morgan fingerprint density at radius 3 is 1.25 bits per heavy atom. The maximum atomic E-state index is 13.2. The molecular weight excluding hydrogens is 923 g/mol. The van der Waals surface area contributed by atoms with Gasteiger partial charge in [0.05, 0.1) is 149 Å². The number of imide groups is 2. The predicted octanol–water partition coefficient (Wildman–Crippen LogP) is 6.08. The van der Waals surface area contributed by atoms with Crippen molar-refractivity contribution in [2.24, 2.45) is 0 Å². The van der Waals surface area contributed by atoms with Crippen LogP contribution in [0.3, 0.4) is 0 Å². The van der Waals surface area contributed by atoms with Gasteiger partial charge in [-0.3, -0.25) is 34.2 Å². The first-order chi connectivity index (χ1) is 34.9. The van der Waals surface area contributed by atoms with E-state index in [1.807, 2.05) is 0 Å². The maximum absolute atomic E-state index is 13.2. The number of hydrogen-bond acceptors (Lipinski definition) is 16. The highest BCUT2D eigenvalue weighted by Gasteiger charge is 2.45. The fourth-order valence-electron chi connectivity index (χ4n) is 7.67. The summed E-state index contributed by atoms with van der Waals surface area (Å²) < 4.78 is 61.1. The fraction of sp³-hybridized carbons (Fsp3) is 0.788. The monoisotopic (exact) mass is 1010 g/mol. The molecule has 1 aromatic carbocycles. The number of piperidine rings is 1. The van der Waals surface area contributed by atoms with Crippen LogP contribution in [0.15, 0.2) is 18.2 Å². The number of nitrogens with one attached hydrogen (secondary N) is 2. The fourth-order valence-corrected chi connectivity index (χ4v) is 7.67. The number of benzene rings is 1. The van der Waals surface area contributed by atoms with E-state index in [0.717, 1.165) is 30.8 Å². The summed E-state index contributed by atoms with van der Waals surface area (Å²) in [5, 5.41) is 4.92. The highest BCUT2D eigenvalue weighted by atomic mass is 16.6. The lowest BCUT2D eigenvalue weighted by Gasteiger charge is -2.27. The number of fused-ring (bicyclic) bond motifs is 1. The van der Waals surface area contributed by atoms with Gasteiger partial charge < -0.3 is 57.4 Å². The smallest absolute Gasteiger partial charge is 0.264 e. The van der Waals surface area contributed by atoms with Gasteiger partial charge >= 0.3 is 0 Å². The average Bonchev–Trinajstić information content (AvgIpc) is 3.62. The highest BCUT2D eigenvalue weighted by molar-refractivity contribution is 6.26. The molecule has 2 aliphatic heterocycles. The number of rotatable bonds is 50. The molecule has 406 valence electrons. The van der Waals surface area contributed by atoms with Crippen LogP contribution in [-0.2, 0) is 66.5 Å². The summed E-state index contributed by atoms with van der Waals surface area (Å²) in [7, 11) is 0. The van der Waals surface area contributed by atoms with Crippen LogP contribution in [0.2, 0.25) is 0 Å². The van der Waals surface area contributed by atoms with Crippen molar-refractivity contribution in [3.63, 3.8) is 0 Å². The molecule has 0 saturated carbocycles. The standard InChI is InChI=1S/C52H87N3O16/c1-2-3-4-5-6-7-8-9-10-11-14-22-61-24-26-63-28-30-65-32-34-67-36-38-69-40-42-71-43-41-70-39-37-68-35-33-66-31-29-64-27-25-62-23-15-12-13-19-47(56)53-45-18-16-17-44-49(45)52(60)55(51(44)59)46-20-21-48(57)54-50(46)58/h16-18,46H,2-15,19-43H2,1H3,(H,53,56)(H,54,57,58). The third-order valence-electron chi connectivity index (χ3n) is 11.5. The number of nitrogens with zero attached hydrogens (tertiary/aromatic N) is 1. The summed E-state index contributed by atoms with van der Waals surface area (Å²) >= 11 is 0. The van der Waals surface area contributed by atoms with Crippen molar-refractivity contribution in [2.45, 2.75) is 122 Å². The molecule has 3 rings (SSSR count). The second kappa shape index (κ2) is 43.0. The van der Waals surface area contributed by atoms with E-state index in [4.69, 9.17) is 52.1 Å². The van der Waals surface area contributed by atoms with Gasteiger partial charge in [0.25, 0.3) is 11.8 Å². The SMILES string of the molecule is CCCCCCCCCCCCCOCCOCCOCCOCCOCCOCCOCCOCCOCCOCCOCCCCCC(=O)Nc1cccc2c1C(=O)N(C1CCC(=O)NC1=O)C2=O. The van der Waals surface area contributed by atoms with Crippen molar-refractivity contribution in [2.75, 3.05) is 151 Å². The lowest BCUT2D eigenvalue weighted by Crippen LogP contribution is -2.54. The summed E-state index contributed by atoms with van der Waals surface area (Å²) in [5.74, 6) is -2.71. The van der Waals surface area contributed by atoms with Crippen LogP contribution in [-0.4, -0.2) is 186 Å². The zero-order valence-corrected chi connectivity index (χ0v) is 42.9. The second-order valence-electron chi connectivity index (χ2n) is 17.3. The van der Waals surface area contributed by atoms with Crippen LogP contribution in [0.25, 0.3) is 0 Å². The highest BCUT2D eigenvalue weighted by Crippen LogP contribution is 2.32. The summed E-state index contributed by atoms with van der Waals surface area (Å²) in [5.41, 5.74) is 0.384. The minimum atomic E-state index is -1.07. The van der Waals surface area contributed by atoms with Crippen LogP contribution in [0.5, 0.6) is 0 Å². The number of anilines is 1. The molecule has 0 radical (unpaired) electrons. The normalized spacial score (nSPS) is 14.7. The van der Waals surface area contributed by atoms with Crippen molar-refractivity contribution >= 4 is 35.2 Å². The van der Waals surface area contributed by atoms with Gasteiger partial charge in [0.1, 0.15) is 6.04 Å². The Hall–Kier alpha value is -3.47. The minimum absolute atomic E-state index is 0.0279. The summed E-state index contributed by atoms with van der Waals surface area (Å²) in [6.07, 6.45) is 17.2. The van der Waals surface area contributed by atoms with Gasteiger partial charge in [-0.25, -0.2) is 0 Å². The van der Waals surface area contributed by atoms with Crippen LogP contribution in [0.4, 0.5) is 5.69 Å². The molecule has 5 amide bonds. The molecule has 19 nitrogen and oxygen atoms in total. The number of hydrogen-bond donors (Lipinski definition) is 2. The van der Waals surface area contributed by atoms with Gasteiger partial charge in [0.2, 0.25) is 17.7 Å². The van der Waals surface area contributed by atoms with E-state index in [1.54, 1.807) is 12.1 Å². The number of unbranched alkanes of at least 4 members (excludes halogenated alkanes) is 12. The van der Waals surface area contributed by atoms with Crippen molar-refractivity contribution < 1.29 is 76.1 Å². The quantitative estimate of drug-likeness (QED) is 0.0559. The predicted molar refractivity (Wildman–Crippen MR) is 266 cm³/mol. The van der Waals surface area contributed by atoms with Gasteiger partial charge in [-0.1, -0.05) is 83.6 Å². The van der Waals surface area contributed by atoms with Crippen molar-refractivity contribution in [3.05, 3.63) is 29.3 Å².